The van der Waals surface area contributed by atoms with Crippen LogP contribution < -0.4 is 9.47 Å². The molecule has 44 heavy (non-hydrogen) atoms. The van der Waals surface area contributed by atoms with Crippen LogP contribution in [0.1, 0.15) is 41.5 Å². The van der Waals surface area contributed by atoms with E-state index in [0.717, 1.165) is 58.6 Å². The van der Waals surface area contributed by atoms with Crippen molar-refractivity contribution in [3.63, 3.8) is 0 Å². The van der Waals surface area contributed by atoms with E-state index in [2.05, 4.69) is 74.5 Å². The Bertz CT molecular complexity index is 1140. The van der Waals surface area contributed by atoms with Crippen LogP contribution in [-0.2, 0) is 6.82 Å². The number of hydrogen-bond donors (Lipinski definition) is 0. The average Bonchev–Trinajstić information content (AvgIpc) is 3.05. The monoisotopic (exact) mass is 806 g/mol. The van der Waals surface area contributed by atoms with Gasteiger partial charge >= 0.3 is 0 Å². The van der Waals surface area contributed by atoms with Crippen molar-refractivity contribution in [1.82, 2.24) is 0 Å². The Kier molecular flexibility index (Phi) is 18.6. The summed E-state index contributed by atoms with van der Waals surface area (Å²) in [5, 5.41) is 1.20. The molecule has 0 saturated heterocycles. The summed E-state index contributed by atoms with van der Waals surface area (Å²) in [5.74, 6) is 1.44. The van der Waals surface area contributed by atoms with Gasteiger partial charge < -0.3 is 9.47 Å². The molecule has 0 bridgehead atoms. The third-order valence-corrected chi connectivity index (χ3v) is 23.9. The minimum atomic E-state index is -0.279. The van der Waals surface area contributed by atoms with E-state index >= 15 is 0 Å². The smallest absolute Gasteiger partial charge is 0.143 e. The lowest BCUT2D eigenvalue weighted by Crippen LogP contribution is -2.15. The predicted octanol–water partition coefficient (Wildman–Crippen LogP) is 12.8. The average molecular weight is 808 g/mol. The summed E-state index contributed by atoms with van der Waals surface area (Å²) in [4.78, 5) is 0. The second-order valence-corrected chi connectivity index (χ2v) is 21.8. The van der Waals surface area contributed by atoms with E-state index < -0.39 is 0 Å². The lowest BCUT2D eigenvalue weighted by Gasteiger charge is -2.32. The van der Waals surface area contributed by atoms with Crippen LogP contribution in [0.5, 0.6) is 11.5 Å². The fourth-order valence-corrected chi connectivity index (χ4v) is 14.9. The number of hydrogen-bond acceptors (Lipinski definition) is 11. The van der Waals surface area contributed by atoms with Crippen LogP contribution in [0.4, 0.5) is 0 Å². The van der Waals surface area contributed by atoms with Crippen LogP contribution in [0.25, 0.3) is 5.57 Å². The van der Waals surface area contributed by atoms with Crippen molar-refractivity contribution in [2.45, 2.75) is 29.5 Å². The first-order chi connectivity index (χ1) is 21.0. The first-order valence-corrected chi connectivity index (χ1v) is 25.3. The van der Waals surface area contributed by atoms with E-state index in [-0.39, 0.29) is 10.2 Å². The fraction of sp³-hybridized carbons (Fsp3) is 0.548. The number of thioether (sulfide) groups is 9. The van der Waals surface area contributed by atoms with Crippen molar-refractivity contribution < 1.29 is 9.47 Å². The molecule has 0 amide bonds. The molecular formula is C31H44Cl2O2S9. The van der Waals surface area contributed by atoms with Crippen molar-refractivity contribution in [2.75, 3.05) is 70.5 Å². The summed E-state index contributed by atoms with van der Waals surface area (Å²) < 4.78 is 11.4. The molecule has 0 aromatic heterocycles. The summed E-state index contributed by atoms with van der Waals surface area (Å²) in [7, 11) is 3.40. The van der Waals surface area contributed by atoms with Crippen molar-refractivity contribution in [1.29, 1.82) is 0 Å². The van der Waals surface area contributed by atoms with Crippen LogP contribution in [0.3, 0.4) is 0 Å². The van der Waals surface area contributed by atoms with E-state index in [1.807, 2.05) is 47.4 Å². The molecule has 0 atom stereocenters. The number of rotatable bonds is 19. The van der Waals surface area contributed by atoms with Crippen LogP contribution in [0.15, 0.2) is 30.3 Å². The van der Waals surface area contributed by atoms with Gasteiger partial charge in [0.15, 0.2) is 0 Å². The lowest BCUT2D eigenvalue weighted by molar-refractivity contribution is 0.411. The van der Waals surface area contributed by atoms with Crippen molar-refractivity contribution >= 4 is 135 Å². The van der Waals surface area contributed by atoms with Gasteiger partial charge in [0.2, 0.25) is 0 Å². The molecule has 0 aliphatic rings. The summed E-state index contributed by atoms with van der Waals surface area (Å²) in [5.41, 5.74) is 5.35. The first kappa shape index (κ1) is 41.7. The number of allylic oxidation sites excluding steroid dienone is 1. The minimum absolute atomic E-state index is 0.157. The zero-order valence-electron chi connectivity index (χ0n) is 27.3. The van der Waals surface area contributed by atoms with Gasteiger partial charge in [-0.2, -0.15) is 0 Å². The number of methoxy groups -OCH3 is 2. The molecule has 0 saturated carbocycles. The SMILES string of the molecule is COc1c(Cl)cc(C(=CCCCC(SC)(SC)SC)c2cc(Cl)c(OC)c(C(SC)(SC)SC)c2)cc1C(SC)(SC)SC. The molecule has 0 aliphatic heterocycles. The van der Waals surface area contributed by atoms with Crippen molar-refractivity contribution in [3.8, 4) is 11.5 Å². The molecular weight excluding hydrogens is 764 g/mol. The molecule has 2 rings (SSSR count). The van der Waals surface area contributed by atoms with E-state index in [9.17, 15) is 0 Å². The third kappa shape index (κ3) is 9.19. The molecule has 248 valence electrons. The maximum absolute atomic E-state index is 7.03. The van der Waals surface area contributed by atoms with E-state index in [0.29, 0.717) is 10.0 Å². The summed E-state index contributed by atoms with van der Waals surface area (Å²) in [6.07, 6.45) is 24.9. The minimum Gasteiger partial charge on any atom is -0.495 e. The topological polar surface area (TPSA) is 18.5 Å². The molecule has 2 aromatic rings. The lowest BCUT2D eigenvalue weighted by atomic mass is 9.93. The predicted molar refractivity (Wildman–Crippen MR) is 225 cm³/mol. The van der Waals surface area contributed by atoms with E-state index in [1.54, 1.807) is 84.8 Å². The third-order valence-electron chi connectivity index (χ3n) is 7.36. The highest BCUT2D eigenvalue weighted by molar-refractivity contribution is 8.33. The maximum atomic E-state index is 7.03. The zero-order valence-corrected chi connectivity index (χ0v) is 36.1. The highest BCUT2D eigenvalue weighted by atomic mass is 35.5. The first-order valence-electron chi connectivity index (χ1n) is 13.5. The molecule has 0 unspecified atom stereocenters. The van der Waals surface area contributed by atoms with E-state index in [4.69, 9.17) is 32.7 Å². The Balaban J connectivity index is 2.92. The molecule has 0 aliphatic carbocycles. The second-order valence-electron chi connectivity index (χ2n) is 9.22. The molecule has 0 radical (unpaired) electrons. The van der Waals surface area contributed by atoms with Gasteiger partial charge in [-0.1, -0.05) is 29.3 Å². The van der Waals surface area contributed by atoms with Crippen LogP contribution >= 0.6 is 129 Å². The summed E-state index contributed by atoms with van der Waals surface area (Å²) in [6, 6.07) is 8.61. The largest absolute Gasteiger partial charge is 0.495 e. The fourth-order valence-electron chi connectivity index (χ4n) is 5.05. The van der Waals surface area contributed by atoms with Gasteiger partial charge in [-0.15, -0.1) is 106 Å². The molecule has 2 nitrogen and oxygen atoms in total. The molecule has 0 fully saturated rings. The molecule has 2 aromatic carbocycles. The second kappa shape index (κ2) is 19.6. The Morgan fingerprint density at radius 1 is 0.614 bits per heavy atom. The van der Waals surface area contributed by atoms with Gasteiger partial charge in [0.05, 0.1) is 24.3 Å². The molecule has 0 N–H and O–H groups in total. The Hall–Kier alpha value is 1.51. The standard InChI is InChI=1S/C31H44Cl2O2S9/c1-34-27-23(30(39-6,40-7)41-8)16-20(18-25(27)32)22(14-12-13-15-29(36-3,37-4)38-5)21-17-24(28(35-2)26(33)19-21)31(42-9,43-10)44-11/h14,16-19H,12-13,15H2,1-11H3. The van der Waals surface area contributed by atoms with Crippen LogP contribution in [0, 0.1) is 0 Å². The van der Waals surface area contributed by atoms with Gasteiger partial charge in [0.25, 0.3) is 0 Å². The van der Waals surface area contributed by atoms with Gasteiger partial charge in [-0.05, 0) is 117 Å². The number of benzene rings is 2. The number of unbranched alkanes of at least 4 members (excludes halogenated alkanes) is 1. The number of ether oxygens (including phenoxy) is 2. The normalized spacial score (nSPS) is 12.4. The molecule has 0 heterocycles. The van der Waals surface area contributed by atoms with Crippen molar-refractivity contribution in [3.05, 3.63) is 62.6 Å². The number of halogens is 2. The Morgan fingerprint density at radius 3 is 1.27 bits per heavy atom. The van der Waals surface area contributed by atoms with Crippen molar-refractivity contribution in [2.24, 2.45) is 0 Å². The van der Waals surface area contributed by atoms with Gasteiger partial charge in [-0.25, -0.2) is 0 Å². The van der Waals surface area contributed by atoms with Gasteiger partial charge in [0.1, 0.15) is 21.7 Å². The van der Waals surface area contributed by atoms with Crippen LogP contribution in [-0.4, -0.2) is 73.9 Å². The van der Waals surface area contributed by atoms with E-state index in [1.165, 1.54) is 0 Å². The highest BCUT2D eigenvalue weighted by Gasteiger charge is 2.36. The van der Waals surface area contributed by atoms with Gasteiger partial charge in [-0.3, -0.25) is 0 Å². The van der Waals surface area contributed by atoms with Gasteiger partial charge in [0, 0.05) is 11.1 Å². The zero-order chi connectivity index (χ0) is 33.1. The molecule has 13 heteroatoms. The highest BCUT2D eigenvalue weighted by Crippen LogP contribution is 2.58. The quantitative estimate of drug-likeness (QED) is 0.0999. The summed E-state index contributed by atoms with van der Waals surface area (Å²) in [6.45, 7) is 0. The Morgan fingerprint density at radius 2 is 0.977 bits per heavy atom. The summed E-state index contributed by atoms with van der Waals surface area (Å²) >= 11 is 30.6. The molecule has 0 spiro atoms. The Labute approximate surface area is 315 Å². The van der Waals surface area contributed by atoms with Crippen LogP contribution in [0.2, 0.25) is 10.0 Å². The maximum Gasteiger partial charge on any atom is 0.143 e.